The number of aromatic nitrogens is 4. The van der Waals surface area contributed by atoms with Gasteiger partial charge in [0.25, 0.3) is 0 Å². The fourth-order valence-corrected chi connectivity index (χ4v) is 2.69. The summed E-state index contributed by atoms with van der Waals surface area (Å²) in [5.41, 5.74) is -0.184. The van der Waals surface area contributed by atoms with Crippen molar-refractivity contribution in [3.63, 3.8) is 0 Å². The predicted octanol–water partition coefficient (Wildman–Crippen LogP) is 3.80. The summed E-state index contributed by atoms with van der Waals surface area (Å²) < 4.78 is 44.9. The van der Waals surface area contributed by atoms with Crippen LogP contribution in [-0.4, -0.2) is 27.0 Å². The molecule has 25 heavy (non-hydrogen) atoms. The summed E-state index contributed by atoms with van der Waals surface area (Å²) in [6.45, 7) is 0. The molecular formula is C16H13F3N5O. The van der Waals surface area contributed by atoms with Crippen LogP contribution in [-0.2, 0) is 6.18 Å². The Morgan fingerprint density at radius 3 is 2.80 bits per heavy atom. The van der Waals surface area contributed by atoms with E-state index in [2.05, 4.69) is 31.3 Å². The van der Waals surface area contributed by atoms with Crippen molar-refractivity contribution in [3.8, 4) is 5.75 Å². The van der Waals surface area contributed by atoms with Crippen molar-refractivity contribution in [1.82, 2.24) is 19.9 Å². The first-order valence-electron chi connectivity index (χ1n) is 7.60. The molecule has 1 saturated carbocycles. The molecule has 0 amide bonds. The summed E-state index contributed by atoms with van der Waals surface area (Å²) in [4.78, 5) is 15.2. The number of methoxy groups -OCH3 is 1. The summed E-state index contributed by atoms with van der Waals surface area (Å²) in [6.07, 6.45) is -0.446. The number of ether oxygens (including phenoxy) is 1. The molecule has 0 bridgehead atoms. The van der Waals surface area contributed by atoms with E-state index in [0.717, 1.165) is 19.0 Å². The summed E-state index contributed by atoms with van der Waals surface area (Å²) in [5.74, 6) is 0.982. The predicted molar refractivity (Wildman–Crippen MR) is 83.8 cm³/mol. The molecule has 129 valence electrons. The molecule has 3 aromatic heterocycles. The third-order valence-electron chi connectivity index (χ3n) is 4.00. The Hall–Kier alpha value is -2.84. The van der Waals surface area contributed by atoms with E-state index in [-0.39, 0.29) is 22.9 Å². The van der Waals surface area contributed by atoms with Crippen LogP contribution in [0.5, 0.6) is 5.75 Å². The van der Waals surface area contributed by atoms with Crippen LogP contribution in [0, 0.1) is 6.07 Å². The Bertz CT molecular complexity index is 933. The number of hydrogen-bond donors (Lipinski definition) is 2. The highest BCUT2D eigenvalue weighted by Gasteiger charge is 2.38. The third kappa shape index (κ3) is 2.86. The Labute approximate surface area is 140 Å². The summed E-state index contributed by atoms with van der Waals surface area (Å²) in [6, 6.07) is 4.37. The fraction of sp³-hybridized carbons (Fsp3) is 0.312. The molecule has 6 nitrogen and oxygen atoms in total. The molecule has 9 heteroatoms. The van der Waals surface area contributed by atoms with Crippen molar-refractivity contribution in [2.45, 2.75) is 24.9 Å². The van der Waals surface area contributed by atoms with Crippen LogP contribution < -0.4 is 10.1 Å². The van der Waals surface area contributed by atoms with Crippen molar-refractivity contribution in [1.29, 1.82) is 0 Å². The van der Waals surface area contributed by atoms with Gasteiger partial charge in [-0.15, -0.1) is 0 Å². The van der Waals surface area contributed by atoms with E-state index < -0.39 is 11.7 Å². The Morgan fingerprint density at radius 2 is 2.12 bits per heavy atom. The molecule has 2 N–H and O–H groups in total. The number of rotatable bonds is 4. The quantitative estimate of drug-likeness (QED) is 0.750. The van der Waals surface area contributed by atoms with Crippen LogP contribution in [0.3, 0.4) is 0 Å². The van der Waals surface area contributed by atoms with E-state index >= 15 is 0 Å². The van der Waals surface area contributed by atoms with E-state index in [1.54, 1.807) is 6.07 Å². The van der Waals surface area contributed by atoms with Gasteiger partial charge in [-0.2, -0.15) is 18.2 Å². The van der Waals surface area contributed by atoms with E-state index in [0.29, 0.717) is 17.3 Å². The summed E-state index contributed by atoms with van der Waals surface area (Å²) >= 11 is 0. The number of halogens is 3. The van der Waals surface area contributed by atoms with Crippen molar-refractivity contribution >= 4 is 22.8 Å². The first kappa shape index (κ1) is 15.7. The van der Waals surface area contributed by atoms with Gasteiger partial charge < -0.3 is 15.0 Å². The first-order chi connectivity index (χ1) is 12.0. The van der Waals surface area contributed by atoms with Crippen molar-refractivity contribution < 1.29 is 17.9 Å². The molecule has 3 aromatic rings. The number of alkyl halides is 3. The largest absolute Gasteiger partial charge is 0.493 e. The van der Waals surface area contributed by atoms with E-state index in [1.165, 1.54) is 13.3 Å². The summed E-state index contributed by atoms with van der Waals surface area (Å²) in [7, 11) is 1.48. The van der Waals surface area contributed by atoms with Crippen LogP contribution in [0.2, 0.25) is 0 Å². The highest BCUT2D eigenvalue weighted by Crippen LogP contribution is 2.45. The minimum Gasteiger partial charge on any atom is -0.493 e. The maximum Gasteiger partial charge on any atom is 0.418 e. The molecule has 0 saturated heterocycles. The number of pyridine rings is 1. The van der Waals surface area contributed by atoms with Gasteiger partial charge in [-0.3, -0.25) is 0 Å². The molecule has 1 radical (unpaired) electrons. The highest BCUT2D eigenvalue weighted by atomic mass is 19.4. The second-order valence-corrected chi connectivity index (χ2v) is 5.74. The van der Waals surface area contributed by atoms with Crippen LogP contribution in [0.25, 0.3) is 11.0 Å². The van der Waals surface area contributed by atoms with Gasteiger partial charge in [0.05, 0.1) is 23.8 Å². The molecule has 4 rings (SSSR count). The minimum absolute atomic E-state index is 0.0157. The lowest BCUT2D eigenvalue weighted by Crippen LogP contribution is -2.07. The Morgan fingerprint density at radius 1 is 1.32 bits per heavy atom. The van der Waals surface area contributed by atoms with Gasteiger partial charge in [-0.1, -0.05) is 0 Å². The number of hydrogen-bond acceptors (Lipinski definition) is 5. The number of anilines is 2. The molecule has 0 unspecified atom stereocenters. The number of H-pyrrole nitrogens is 1. The molecule has 0 aliphatic heterocycles. The van der Waals surface area contributed by atoms with Crippen LogP contribution in [0.1, 0.15) is 30.0 Å². The second-order valence-electron chi connectivity index (χ2n) is 5.74. The normalized spacial score (nSPS) is 14.7. The third-order valence-corrected chi connectivity index (χ3v) is 4.00. The van der Waals surface area contributed by atoms with Gasteiger partial charge in [0.2, 0.25) is 5.95 Å². The molecule has 1 aliphatic carbocycles. The zero-order valence-electron chi connectivity index (χ0n) is 13.1. The topological polar surface area (TPSA) is 75.7 Å². The fourth-order valence-electron chi connectivity index (χ4n) is 2.69. The standard InChI is InChI=1S/C16H13F3N5O/c1-25-10-3-2-6-20-13(10)23-15-22-12(8-4-5-8)11-9(16(17,18)19)7-21-14(11)24-15/h3,6-8H,4-5H2,1H3,(H2,20,21,22,23,24). The number of nitrogens with zero attached hydrogens (tertiary/aromatic N) is 3. The van der Waals surface area contributed by atoms with E-state index in [1.807, 2.05) is 0 Å². The van der Waals surface area contributed by atoms with Crippen molar-refractivity contribution in [2.75, 3.05) is 12.4 Å². The van der Waals surface area contributed by atoms with Gasteiger partial charge in [0.1, 0.15) is 5.65 Å². The zero-order chi connectivity index (χ0) is 17.6. The average molecular weight is 348 g/mol. The van der Waals surface area contributed by atoms with Gasteiger partial charge in [0.15, 0.2) is 11.6 Å². The first-order valence-corrected chi connectivity index (χ1v) is 7.60. The van der Waals surface area contributed by atoms with E-state index in [9.17, 15) is 13.2 Å². The van der Waals surface area contributed by atoms with E-state index in [4.69, 9.17) is 4.74 Å². The van der Waals surface area contributed by atoms with Gasteiger partial charge in [0, 0.05) is 24.4 Å². The molecule has 3 heterocycles. The lowest BCUT2D eigenvalue weighted by molar-refractivity contribution is -0.136. The number of fused-ring (bicyclic) bond motifs is 1. The van der Waals surface area contributed by atoms with Gasteiger partial charge in [-0.05, 0) is 18.9 Å². The molecule has 0 atom stereocenters. The number of aromatic amines is 1. The average Bonchev–Trinajstić information content (AvgIpc) is 3.32. The maximum atomic E-state index is 13.2. The van der Waals surface area contributed by atoms with Crippen LogP contribution >= 0.6 is 0 Å². The van der Waals surface area contributed by atoms with Gasteiger partial charge in [-0.25, -0.2) is 9.97 Å². The molecule has 1 aliphatic rings. The Kier molecular flexibility index (Phi) is 3.52. The monoisotopic (exact) mass is 348 g/mol. The highest BCUT2D eigenvalue weighted by molar-refractivity contribution is 5.85. The lowest BCUT2D eigenvalue weighted by atomic mass is 10.1. The second kappa shape index (κ2) is 5.61. The molecular weight excluding hydrogens is 335 g/mol. The van der Waals surface area contributed by atoms with Gasteiger partial charge >= 0.3 is 6.18 Å². The lowest BCUT2D eigenvalue weighted by Gasteiger charge is -2.11. The molecule has 0 spiro atoms. The number of nitrogens with one attached hydrogen (secondary N) is 2. The minimum atomic E-state index is -4.46. The Balaban J connectivity index is 1.81. The summed E-state index contributed by atoms with van der Waals surface area (Å²) in [5, 5.41) is 2.95. The zero-order valence-corrected chi connectivity index (χ0v) is 13.1. The maximum absolute atomic E-state index is 13.2. The molecule has 0 aromatic carbocycles. The van der Waals surface area contributed by atoms with Crippen molar-refractivity contribution in [2.24, 2.45) is 0 Å². The molecule has 1 fully saturated rings. The smallest absolute Gasteiger partial charge is 0.418 e. The SMILES string of the molecule is COc1c[c]cnc1Nc1nc(C2CC2)c2c(C(F)(F)F)c[nH]c2n1. The van der Waals surface area contributed by atoms with Crippen LogP contribution in [0.4, 0.5) is 24.9 Å². The van der Waals surface area contributed by atoms with Crippen molar-refractivity contribution in [3.05, 3.63) is 35.8 Å². The van der Waals surface area contributed by atoms with Crippen LogP contribution in [0.15, 0.2) is 18.5 Å².